The van der Waals surface area contributed by atoms with Gasteiger partial charge in [0, 0.05) is 37.6 Å². The normalized spacial score (nSPS) is 15.2. The predicted octanol–water partition coefficient (Wildman–Crippen LogP) is 2.20. The van der Waals surface area contributed by atoms with Crippen LogP contribution in [0.25, 0.3) is 0 Å². The van der Waals surface area contributed by atoms with Gasteiger partial charge in [-0.2, -0.15) is 4.31 Å². The molecule has 1 aliphatic heterocycles. The number of carbonyl (C=O) groups is 1. The second-order valence-corrected chi connectivity index (χ2v) is 8.62. The van der Waals surface area contributed by atoms with Gasteiger partial charge in [0.25, 0.3) is 5.91 Å². The lowest BCUT2D eigenvalue weighted by Gasteiger charge is -2.26. The lowest BCUT2D eigenvalue weighted by atomic mass is 10.1. The number of hydrogen-bond acceptors (Lipinski definition) is 4. The first-order chi connectivity index (χ1) is 10.9. The average Bonchev–Trinajstić information content (AvgIpc) is 3.01. The van der Waals surface area contributed by atoms with Crippen LogP contribution in [0.3, 0.4) is 0 Å². The monoisotopic (exact) mass is 350 g/mol. The van der Waals surface area contributed by atoms with Crippen molar-refractivity contribution in [2.75, 3.05) is 20.6 Å². The molecule has 0 radical (unpaired) electrons. The van der Waals surface area contributed by atoms with Gasteiger partial charge in [-0.3, -0.25) is 4.79 Å². The van der Waals surface area contributed by atoms with Crippen LogP contribution in [0.4, 0.5) is 0 Å². The second kappa shape index (κ2) is 6.07. The molecule has 7 heteroatoms. The van der Waals surface area contributed by atoms with E-state index >= 15 is 0 Å². The number of thiophene rings is 1. The van der Waals surface area contributed by atoms with Crippen molar-refractivity contribution in [3.8, 4) is 0 Å². The van der Waals surface area contributed by atoms with Gasteiger partial charge in [-0.25, -0.2) is 8.42 Å². The zero-order valence-corrected chi connectivity index (χ0v) is 14.7. The summed E-state index contributed by atoms with van der Waals surface area (Å²) >= 11 is 1.67. The second-order valence-electron chi connectivity index (χ2n) is 5.69. The SMILES string of the molecule is CN(C)C(=O)c1cccc(S(=O)(=O)N2CCc3sccc3C2)c1. The number of rotatable bonds is 3. The van der Waals surface area contributed by atoms with Crippen LogP contribution in [-0.2, 0) is 23.0 Å². The fourth-order valence-electron chi connectivity index (χ4n) is 2.62. The van der Waals surface area contributed by atoms with E-state index in [0.717, 1.165) is 12.0 Å². The van der Waals surface area contributed by atoms with Crippen molar-refractivity contribution in [1.82, 2.24) is 9.21 Å². The lowest BCUT2D eigenvalue weighted by molar-refractivity contribution is 0.0827. The third-order valence-electron chi connectivity index (χ3n) is 3.90. The van der Waals surface area contributed by atoms with Crippen LogP contribution >= 0.6 is 11.3 Å². The van der Waals surface area contributed by atoms with Crippen molar-refractivity contribution in [3.63, 3.8) is 0 Å². The third-order valence-corrected chi connectivity index (χ3v) is 6.76. The van der Waals surface area contributed by atoms with Gasteiger partial charge in [0.1, 0.15) is 0 Å². The summed E-state index contributed by atoms with van der Waals surface area (Å²) in [7, 11) is -0.307. The van der Waals surface area contributed by atoms with Gasteiger partial charge >= 0.3 is 0 Å². The largest absolute Gasteiger partial charge is 0.345 e. The van der Waals surface area contributed by atoms with E-state index in [4.69, 9.17) is 0 Å². The fraction of sp³-hybridized carbons (Fsp3) is 0.312. The Morgan fingerprint density at radius 3 is 2.78 bits per heavy atom. The first-order valence-corrected chi connectivity index (χ1v) is 9.58. The number of benzene rings is 1. The quantitative estimate of drug-likeness (QED) is 0.853. The Labute approximate surface area is 140 Å². The van der Waals surface area contributed by atoms with Gasteiger partial charge in [0.15, 0.2) is 0 Å². The molecule has 0 saturated heterocycles. The van der Waals surface area contributed by atoms with E-state index in [1.165, 1.54) is 20.1 Å². The maximum atomic E-state index is 12.9. The van der Waals surface area contributed by atoms with Crippen molar-refractivity contribution >= 4 is 27.3 Å². The molecule has 2 aromatic rings. The summed E-state index contributed by atoms with van der Waals surface area (Å²) in [6, 6.07) is 8.23. The van der Waals surface area contributed by atoms with E-state index in [0.29, 0.717) is 18.7 Å². The number of carbonyl (C=O) groups excluding carboxylic acids is 1. The van der Waals surface area contributed by atoms with E-state index in [-0.39, 0.29) is 10.8 Å². The Balaban J connectivity index is 1.92. The molecule has 1 aromatic carbocycles. The van der Waals surface area contributed by atoms with Crippen LogP contribution in [0, 0.1) is 0 Å². The molecule has 2 heterocycles. The fourth-order valence-corrected chi connectivity index (χ4v) is 4.98. The van der Waals surface area contributed by atoms with E-state index in [1.54, 1.807) is 43.6 Å². The first kappa shape index (κ1) is 16.2. The zero-order chi connectivity index (χ0) is 16.6. The number of amides is 1. The van der Waals surface area contributed by atoms with E-state index in [2.05, 4.69) is 0 Å². The minimum Gasteiger partial charge on any atom is -0.345 e. The predicted molar refractivity (Wildman–Crippen MR) is 90.1 cm³/mol. The summed E-state index contributed by atoms with van der Waals surface area (Å²) in [5.41, 5.74) is 1.45. The lowest BCUT2D eigenvalue weighted by Crippen LogP contribution is -2.35. The summed E-state index contributed by atoms with van der Waals surface area (Å²) in [6.45, 7) is 0.870. The van der Waals surface area contributed by atoms with E-state index in [1.807, 2.05) is 11.4 Å². The van der Waals surface area contributed by atoms with Gasteiger partial charge < -0.3 is 4.90 Å². The van der Waals surface area contributed by atoms with Crippen LogP contribution in [0.5, 0.6) is 0 Å². The van der Waals surface area contributed by atoms with Crippen LogP contribution in [0.15, 0.2) is 40.6 Å². The van der Waals surface area contributed by atoms with Gasteiger partial charge in [0.2, 0.25) is 10.0 Å². The minimum absolute atomic E-state index is 0.170. The smallest absolute Gasteiger partial charge is 0.253 e. The molecule has 0 saturated carbocycles. The third kappa shape index (κ3) is 3.04. The Bertz CT molecular complexity index is 841. The van der Waals surface area contributed by atoms with Crippen LogP contribution < -0.4 is 0 Å². The maximum Gasteiger partial charge on any atom is 0.253 e. The van der Waals surface area contributed by atoms with Gasteiger partial charge in [-0.05, 0) is 41.6 Å². The summed E-state index contributed by atoms with van der Waals surface area (Å²) < 4.78 is 27.2. The van der Waals surface area contributed by atoms with Crippen molar-refractivity contribution < 1.29 is 13.2 Å². The highest BCUT2D eigenvalue weighted by atomic mass is 32.2. The topological polar surface area (TPSA) is 57.7 Å². The molecule has 1 amide bonds. The number of sulfonamides is 1. The molecule has 1 aromatic heterocycles. The number of hydrogen-bond donors (Lipinski definition) is 0. The summed E-state index contributed by atoms with van der Waals surface area (Å²) in [5.74, 6) is -0.208. The Morgan fingerprint density at radius 2 is 2.04 bits per heavy atom. The molecular formula is C16H18N2O3S2. The maximum absolute atomic E-state index is 12.9. The van der Waals surface area contributed by atoms with Gasteiger partial charge in [-0.15, -0.1) is 11.3 Å². The summed E-state index contributed by atoms with van der Waals surface area (Å²) in [5, 5.41) is 2.00. The summed E-state index contributed by atoms with van der Waals surface area (Å²) in [4.78, 5) is 14.9. The van der Waals surface area contributed by atoms with Gasteiger partial charge in [-0.1, -0.05) is 6.07 Å². The molecule has 23 heavy (non-hydrogen) atoms. The molecule has 0 N–H and O–H groups in total. The molecule has 0 spiro atoms. The van der Waals surface area contributed by atoms with E-state index < -0.39 is 10.0 Å². The number of fused-ring (bicyclic) bond motifs is 1. The Hall–Kier alpha value is -1.70. The van der Waals surface area contributed by atoms with Crippen LogP contribution in [0.1, 0.15) is 20.8 Å². The van der Waals surface area contributed by atoms with Crippen molar-refractivity contribution in [1.29, 1.82) is 0 Å². The van der Waals surface area contributed by atoms with Crippen molar-refractivity contribution in [3.05, 3.63) is 51.7 Å². The standard InChI is InChI=1S/C16H18N2O3S2/c1-17(2)16(19)12-4-3-5-14(10-12)23(20,21)18-8-6-15-13(11-18)7-9-22-15/h3-5,7,9-10H,6,8,11H2,1-2H3. The molecule has 3 rings (SSSR count). The zero-order valence-electron chi connectivity index (χ0n) is 13.0. The molecule has 1 aliphatic rings. The highest BCUT2D eigenvalue weighted by Gasteiger charge is 2.29. The highest BCUT2D eigenvalue weighted by Crippen LogP contribution is 2.28. The van der Waals surface area contributed by atoms with Crippen LogP contribution in [0.2, 0.25) is 0 Å². The Morgan fingerprint density at radius 1 is 1.26 bits per heavy atom. The molecule has 0 bridgehead atoms. The molecule has 0 unspecified atom stereocenters. The number of nitrogens with zero attached hydrogens (tertiary/aromatic N) is 2. The Kier molecular flexibility index (Phi) is 4.27. The molecule has 5 nitrogen and oxygen atoms in total. The molecule has 0 aliphatic carbocycles. The van der Waals surface area contributed by atoms with E-state index in [9.17, 15) is 13.2 Å². The summed E-state index contributed by atoms with van der Waals surface area (Å²) in [6.07, 6.45) is 0.739. The average molecular weight is 350 g/mol. The first-order valence-electron chi connectivity index (χ1n) is 7.26. The van der Waals surface area contributed by atoms with Crippen LogP contribution in [-0.4, -0.2) is 44.2 Å². The highest BCUT2D eigenvalue weighted by molar-refractivity contribution is 7.89. The van der Waals surface area contributed by atoms with Crippen molar-refractivity contribution in [2.24, 2.45) is 0 Å². The molecular weight excluding hydrogens is 332 g/mol. The molecule has 122 valence electrons. The van der Waals surface area contributed by atoms with Gasteiger partial charge in [0.05, 0.1) is 4.90 Å². The molecule has 0 fully saturated rings. The van der Waals surface area contributed by atoms with Crippen molar-refractivity contribution in [2.45, 2.75) is 17.9 Å². The minimum atomic E-state index is -3.60. The molecule has 0 atom stereocenters.